The number of carbonyl (C=O) groups excluding carboxylic acids is 2. The summed E-state index contributed by atoms with van der Waals surface area (Å²) in [6.45, 7) is 4.58. The summed E-state index contributed by atoms with van der Waals surface area (Å²) in [5.41, 5.74) is 0.732. The number of carbonyl (C=O) groups is 2. The number of esters is 2. The molecular formula is C24H34N2O6S. The largest absolute Gasteiger partial charge is 0.387 e. The third kappa shape index (κ3) is 15.5. The minimum absolute atomic E-state index is 0.579. The Labute approximate surface area is 197 Å². The number of cyclic esters (lactones) is 2. The molecular weight excluding hydrogens is 444 g/mol. The van der Waals surface area contributed by atoms with Gasteiger partial charge in [0.25, 0.3) is 10.1 Å². The molecule has 0 bridgehead atoms. The van der Waals surface area contributed by atoms with E-state index < -0.39 is 22.1 Å². The van der Waals surface area contributed by atoms with Crippen LogP contribution in [0.4, 0.5) is 0 Å². The van der Waals surface area contributed by atoms with E-state index in [1.165, 1.54) is 51.1 Å². The lowest BCUT2D eigenvalue weighted by atomic mass is 10.1. The van der Waals surface area contributed by atoms with E-state index in [1.807, 2.05) is 6.07 Å². The van der Waals surface area contributed by atoms with E-state index in [4.69, 9.17) is 4.55 Å². The summed E-state index contributed by atoms with van der Waals surface area (Å²) in [6, 6.07) is 8.86. The van der Waals surface area contributed by atoms with Crippen LogP contribution in [0.2, 0.25) is 0 Å². The average molecular weight is 479 g/mol. The number of unbranched alkanes of at least 4 members (excludes halogenated alkanes) is 5. The first-order valence-corrected chi connectivity index (χ1v) is 12.5. The molecule has 1 aromatic carbocycles. The van der Waals surface area contributed by atoms with Crippen molar-refractivity contribution < 1.29 is 27.3 Å². The predicted octanol–water partition coefficient (Wildman–Crippen LogP) is 4.19. The van der Waals surface area contributed by atoms with Crippen molar-refractivity contribution in [3.05, 3.63) is 65.9 Å². The highest BCUT2D eigenvalue weighted by atomic mass is 32.2. The van der Waals surface area contributed by atoms with E-state index in [2.05, 4.69) is 40.9 Å². The van der Waals surface area contributed by atoms with Crippen molar-refractivity contribution in [2.45, 2.75) is 45.4 Å². The average Bonchev–Trinajstić information content (AvgIpc) is 3.37. The lowest BCUT2D eigenvalue weighted by Gasteiger charge is -2.17. The van der Waals surface area contributed by atoms with Crippen molar-refractivity contribution in [1.29, 1.82) is 0 Å². The topological polar surface area (TPSA) is 104 Å². The summed E-state index contributed by atoms with van der Waals surface area (Å²) >= 11 is 0. The first-order valence-electron chi connectivity index (χ1n) is 11.0. The fraction of sp³-hybridized carbons (Fsp3) is 0.417. The SMILES string of the molecule is CCCCCCCCN1C=CN(C)C1.O=C1C=CC(=O)O1.O=S(=O)(O)C=Cc1ccccc1. The monoisotopic (exact) mass is 478 g/mol. The molecule has 8 nitrogen and oxygen atoms in total. The highest BCUT2D eigenvalue weighted by Gasteiger charge is 2.10. The van der Waals surface area contributed by atoms with E-state index in [9.17, 15) is 18.0 Å². The standard InChI is InChI=1S/C12H24N2.C8H8O3S.C4H2O3/c1-3-4-5-6-7-8-9-14-11-10-13(2)12-14;9-12(10,11)7-6-8-4-2-1-3-5-8;5-3-1-2-4(6)7-3/h10-11H,3-9,12H2,1-2H3;1-7H,(H,9,10,11);1-2H. The third-order valence-corrected chi connectivity index (χ3v) is 5.00. The normalized spacial score (nSPS) is 14.8. The number of rotatable bonds is 9. The first-order chi connectivity index (χ1) is 15.7. The molecule has 0 spiro atoms. The molecule has 33 heavy (non-hydrogen) atoms. The van der Waals surface area contributed by atoms with Crippen LogP contribution >= 0.6 is 0 Å². The number of nitrogens with zero attached hydrogens (tertiary/aromatic N) is 2. The fourth-order valence-corrected chi connectivity index (χ4v) is 3.19. The van der Waals surface area contributed by atoms with Crippen molar-refractivity contribution >= 4 is 28.1 Å². The van der Waals surface area contributed by atoms with Crippen molar-refractivity contribution in [3.63, 3.8) is 0 Å². The summed E-state index contributed by atoms with van der Waals surface area (Å²) in [4.78, 5) is 24.5. The van der Waals surface area contributed by atoms with Crippen molar-refractivity contribution in [2.24, 2.45) is 0 Å². The van der Waals surface area contributed by atoms with Crippen LogP contribution in [0.1, 0.15) is 51.0 Å². The molecule has 0 aliphatic carbocycles. The van der Waals surface area contributed by atoms with E-state index in [-0.39, 0.29) is 0 Å². The lowest BCUT2D eigenvalue weighted by Crippen LogP contribution is -2.23. The van der Waals surface area contributed by atoms with Gasteiger partial charge in [-0.2, -0.15) is 8.42 Å². The minimum atomic E-state index is -4.00. The summed E-state index contributed by atoms with van der Waals surface area (Å²) in [7, 11) is -1.88. The Hall–Kier alpha value is -2.91. The second-order valence-electron chi connectivity index (χ2n) is 7.58. The Kier molecular flexibility index (Phi) is 13.5. The number of hydrogen-bond acceptors (Lipinski definition) is 7. The molecule has 182 valence electrons. The maximum Gasteiger partial charge on any atom is 0.338 e. The van der Waals surface area contributed by atoms with Gasteiger partial charge in [0.05, 0.1) is 12.1 Å². The van der Waals surface area contributed by atoms with Gasteiger partial charge in [0.2, 0.25) is 0 Å². The van der Waals surface area contributed by atoms with Crippen LogP contribution in [0.3, 0.4) is 0 Å². The molecule has 1 aromatic rings. The molecule has 0 atom stereocenters. The molecule has 0 saturated carbocycles. The van der Waals surface area contributed by atoms with Gasteiger partial charge in [0, 0.05) is 38.1 Å². The number of hydrogen-bond donors (Lipinski definition) is 1. The van der Waals surface area contributed by atoms with Gasteiger partial charge >= 0.3 is 11.9 Å². The van der Waals surface area contributed by atoms with E-state index in [0.29, 0.717) is 0 Å². The van der Waals surface area contributed by atoms with Crippen LogP contribution in [0.25, 0.3) is 6.08 Å². The highest BCUT2D eigenvalue weighted by Crippen LogP contribution is 2.09. The molecule has 1 N–H and O–H groups in total. The fourth-order valence-electron chi connectivity index (χ4n) is 2.86. The Balaban J connectivity index is 0.000000260. The van der Waals surface area contributed by atoms with Gasteiger partial charge < -0.3 is 14.5 Å². The van der Waals surface area contributed by atoms with Crippen molar-refractivity contribution in [3.8, 4) is 0 Å². The molecule has 9 heteroatoms. The summed E-state index contributed by atoms with van der Waals surface area (Å²) in [5.74, 6) is -1.16. The zero-order chi connectivity index (χ0) is 24.5. The molecule has 3 rings (SSSR count). The molecule has 0 aromatic heterocycles. The number of benzene rings is 1. The highest BCUT2D eigenvalue weighted by molar-refractivity contribution is 7.88. The molecule has 0 radical (unpaired) electrons. The lowest BCUT2D eigenvalue weighted by molar-refractivity contribution is -0.150. The quantitative estimate of drug-likeness (QED) is 0.244. The second kappa shape index (κ2) is 15.8. The predicted molar refractivity (Wildman–Crippen MR) is 129 cm³/mol. The maximum absolute atomic E-state index is 10.3. The van der Waals surface area contributed by atoms with Gasteiger partial charge in [-0.05, 0) is 18.1 Å². The van der Waals surface area contributed by atoms with Crippen LogP contribution in [-0.2, 0) is 24.4 Å². The van der Waals surface area contributed by atoms with Gasteiger partial charge in [-0.15, -0.1) is 0 Å². The molecule has 0 amide bonds. The molecule has 0 unspecified atom stereocenters. The molecule has 0 saturated heterocycles. The smallest absolute Gasteiger partial charge is 0.338 e. The zero-order valence-electron chi connectivity index (χ0n) is 19.3. The Morgan fingerprint density at radius 1 is 0.970 bits per heavy atom. The molecule has 2 heterocycles. The summed E-state index contributed by atoms with van der Waals surface area (Å²) in [6.07, 6.45) is 16.2. The van der Waals surface area contributed by atoms with E-state index in [0.717, 1.165) is 29.8 Å². The molecule has 2 aliphatic rings. The van der Waals surface area contributed by atoms with Crippen LogP contribution in [-0.4, -0.2) is 55.0 Å². The second-order valence-corrected chi connectivity index (χ2v) is 8.88. The van der Waals surface area contributed by atoms with Gasteiger partial charge in [0.1, 0.15) is 0 Å². The Bertz CT molecular complexity index is 894. The minimum Gasteiger partial charge on any atom is -0.387 e. The van der Waals surface area contributed by atoms with Crippen LogP contribution < -0.4 is 0 Å². The molecule has 0 fully saturated rings. The van der Waals surface area contributed by atoms with E-state index >= 15 is 0 Å². The Morgan fingerprint density at radius 2 is 1.58 bits per heavy atom. The van der Waals surface area contributed by atoms with Gasteiger partial charge in [-0.25, -0.2) is 9.59 Å². The third-order valence-electron chi connectivity index (χ3n) is 4.52. The van der Waals surface area contributed by atoms with Crippen LogP contribution in [0.15, 0.2) is 60.3 Å². The summed E-state index contributed by atoms with van der Waals surface area (Å²) < 4.78 is 32.9. The van der Waals surface area contributed by atoms with E-state index in [1.54, 1.807) is 24.3 Å². The summed E-state index contributed by atoms with van der Waals surface area (Å²) in [5, 5.41) is 0.752. The number of ether oxygens (including phenoxy) is 1. The van der Waals surface area contributed by atoms with Crippen LogP contribution in [0, 0.1) is 0 Å². The van der Waals surface area contributed by atoms with Crippen molar-refractivity contribution in [2.75, 3.05) is 20.3 Å². The molecule has 2 aliphatic heterocycles. The van der Waals surface area contributed by atoms with Gasteiger partial charge in [-0.1, -0.05) is 69.4 Å². The Morgan fingerprint density at radius 3 is 2.06 bits per heavy atom. The van der Waals surface area contributed by atoms with Crippen LogP contribution in [0.5, 0.6) is 0 Å². The first kappa shape index (κ1) is 28.1. The zero-order valence-corrected chi connectivity index (χ0v) is 20.1. The van der Waals surface area contributed by atoms with Crippen molar-refractivity contribution in [1.82, 2.24) is 9.80 Å². The van der Waals surface area contributed by atoms with Gasteiger partial charge in [-0.3, -0.25) is 4.55 Å². The maximum atomic E-state index is 10.3. The van der Waals surface area contributed by atoms with Gasteiger partial charge in [0.15, 0.2) is 0 Å².